The number of benzene rings is 1. The lowest BCUT2D eigenvalue weighted by Gasteiger charge is -2.04. The third kappa shape index (κ3) is 3.44. The van der Waals surface area contributed by atoms with Crippen LogP contribution in [-0.2, 0) is 0 Å². The normalized spacial score (nSPS) is 10.5. The second kappa shape index (κ2) is 5.83. The third-order valence-electron chi connectivity index (χ3n) is 1.86. The average molecular weight is 242 g/mol. The van der Waals surface area contributed by atoms with Crippen LogP contribution in [0.25, 0.3) is 0 Å². The van der Waals surface area contributed by atoms with E-state index in [1.165, 1.54) is 12.3 Å². The number of Topliss-reactive ketones (excluding diaryl/α,β-unsaturated/α-hetero) is 1. The standard InChI is InChI=1S/C11H9F3N2O/c12-7-4-8(13)11(9(14)5-7)10(17)6-16-3-1-2-15/h1-5,15-16H,6H2/b3-1-,15-2?. The molecule has 1 aromatic carbocycles. The number of carbonyl (C=O) groups is 1. The number of carbonyl (C=O) groups excluding carboxylic acids is 1. The summed E-state index contributed by atoms with van der Waals surface area (Å²) in [6, 6.07) is 0.896. The second-order valence-corrected chi connectivity index (χ2v) is 3.07. The summed E-state index contributed by atoms with van der Waals surface area (Å²) < 4.78 is 38.9. The monoisotopic (exact) mass is 242 g/mol. The first-order chi connectivity index (χ1) is 8.06. The van der Waals surface area contributed by atoms with Gasteiger partial charge in [0, 0.05) is 18.3 Å². The molecule has 0 amide bonds. The fraction of sp³-hybridized carbons (Fsp3) is 0.0909. The van der Waals surface area contributed by atoms with Crippen LogP contribution in [0.4, 0.5) is 13.2 Å². The summed E-state index contributed by atoms with van der Waals surface area (Å²) in [5.74, 6) is -4.38. The molecule has 0 unspecified atom stereocenters. The molecule has 0 atom stereocenters. The molecule has 0 heterocycles. The van der Waals surface area contributed by atoms with Crippen LogP contribution in [0.3, 0.4) is 0 Å². The van der Waals surface area contributed by atoms with E-state index in [4.69, 9.17) is 5.41 Å². The zero-order valence-corrected chi connectivity index (χ0v) is 8.64. The molecule has 0 radical (unpaired) electrons. The molecular formula is C11H9F3N2O. The largest absolute Gasteiger partial charge is 0.383 e. The van der Waals surface area contributed by atoms with Crippen molar-refractivity contribution in [3.63, 3.8) is 0 Å². The summed E-state index contributed by atoms with van der Waals surface area (Å²) >= 11 is 0. The Kier molecular flexibility index (Phi) is 4.45. The summed E-state index contributed by atoms with van der Waals surface area (Å²) in [4.78, 5) is 11.4. The Bertz CT molecular complexity index is 449. The zero-order valence-electron chi connectivity index (χ0n) is 8.64. The van der Waals surface area contributed by atoms with Crippen LogP contribution >= 0.6 is 0 Å². The molecule has 0 aliphatic rings. The molecule has 0 saturated heterocycles. The molecule has 0 aliphatic carbocycles. The van der Waals surface area contributed by atoms with Crippen LogP contribution in [0.5, 0.6) is 0 Å². The first kappa shape index (κ1) is 13.0. The zero-order chi connectivity index (χ0) is 12.8. The van der Waals surface area contributed by atoms with Crippen LogP contribution < -0.4 is 5.32 Å². The summed E-state index contributed by atoms with van der Waals surface area (Å²) in [6.07, 6.45) is 3.55. The molecule has 0 fully saturated rings. The van der Waals surface area contributed by atoms with Crippen LogP contribution in [0, 0.1) is 22.9 Å². The van der Waals surface area contributed by atoms with Crippen molar-refractivity contribution in [2.24, 2.45) is 0 Å². The maximum absolute atomic E-state index is 13.2. The molecule has 0 aliphatic heterocycles. The predicted molar refractivity (Wildman–Crippen MR) is 56.6 cm³/mol. The molecule has 0 spiro atoms. The number of hydrogen-bond acceptors (Lipinski definition) is 3. The van der Waals surface area contributed by atoms with Crippen LogP contribution in [0.2, 0.25) is 0 Å². The molecule has 90 valence electrons. The first-order valence-corrected chi connectivity index (χ1v) is 4.63. The fourth-order valence-corrected chi connectivity index (χ4v) is 1.16. The van der Waals surface area contributed by atoms with Crippen molar-refractivity contribution < 1.29 is 18.0 Å². The molecule has 3 nitrogen and oxygen atoms in total. The molecule has 0 saturated carbocycles. The van der Waals surface area contributed by atoms with Crippen molar-refractivity contribution >= 4 is 12.0 Å². The Hall–Kier alpha value is -2.11. The lowest BCUT2D eigenvalue weighted by Crippen LogP contribution is -2.20. The van der Waals surface area contributed by atoms with Crippen molar-refractivity contribution in [1.82, 2.24) is 5.32 Å². The number of allylic oxidation sites excluding steroid dienone is 1. The maximum atomic E-state index is 13.2. The SMILES string of the molecule is N=C/C=C\NCC(=O)c1c(F)cc(F)cc1F. The van der Waals surface area contributed by atoms with Gasteiger partial charge in [0.15, 0.2) is 5.78 Å². The molecule has 1 aromatic rings. The van der Waals surface area contributed by atoms with Gasteiger partial charge in [0.05, 0.1) is 12.1 Å². The highest BCUT2D eigenvalue weighted by atomic mass is 19.1. The van der Waals surface area contributed by atoms with Crippen molar-refractivity contribution in [2.75, 3.05) is 6.54 Å². The van der Waals surface area contributed by atoms with Gasteiger partial charge >= 0.3 is 0 Å². The van der Waals surface area contributed by atoms with Crippen LogP contribution in [-0.4, -0.2) is 18.5 Å². The Morgan fingerprint density at radius 3 is 2.41 bits per heavy atom. The average Bonchev–Trinajstić information content (AvgIpc) is 2.23. The van der Waals surface area contributed by atoms with Gasteiger partial charge in [-0.2, -0.15) is 0 Å². The number of ketones is 1. The van der Waals surface area contributed by atoms with E-state index < -0.39 is 28.8 Å². The van der Waals surface area contributed by atoms with Gasteiger partial charge in [-0.15, -0.1) is 0 Å². The van der Waals surface area contributed by atoms with Crippen molar-refractivity contribution in [1.29, 1.82) is 5.41 Å². The van der Waals surface area contributed by atoms with Gasteiger partial charge < -0.3 is 10.7 Å². The smallest absolute Gasteiger partial charge is 0.187 e. The maximum Gasteiger partial charge on any atom is 0.187 e. The highest BCUT2D eigenvalue weighted by Crippen LogP contribution is 2.14. The van der Waals surface area contributed by atoms with Gasteiger partial charge in [0.25, 0.3) is 0 Å². The van der Waals surface area contributed by atoms with Gasteiger partial charge in [-0.3, -0.25) is 4.79 Å². The molecule has 1 rings (SSSR count). The van der Waals surface area contributed by atoms with Gasteiger partial charge in [0.1, 0.15) is 17.5 Å². The number of halogens is 3. The molecule has 17 heavy (non-hydrogen) atoms. The van der Waals surface area contributed by atoms with E-state index in [1.807, 2.05) is 0 Å². The number of hydrogen-bond donors (Lipinski definition) is 2. The Balaban J connectivity index is 2.82. The van der Waals surface area contributed by atoms with Crippen molar-refractivity contribution in [2.45, 2.75) is 0 Å². The molecule has 2 N–H and O–H groups in total. The summed E-state index contributed by atoms with van der Waals surface area (Å²) in [7, 11) is 0. The molecule has 0 aromatic heterocycles. The van der Waals surface area contributed by atoms with Gasteiger partial charge in [-0.1, -0.05) is 0 Å². The highest BCUT2D eigenvalue weighted by molar-refractivity contribution is 5.98. The fourth-order valence-electron chi connectivity index (χ4n) is 1.16. The third-order valence-corrected chi connectivity index (χ3v) is 1.86. The topological polar surface area (TPSA) is 53.0 Å². The van der Waals surface area contributed by atoms with E-state index in [9.17, 15) is 18.0 Å². The predicted octanol–water partition coefficient (Wildman–Crippen LogP) is 2.04. The van der Waals surface area contributed by atoms with Crippen molar-refractivity contribution in [3.8, 4) is 0 Å². The van der Waals surface area contributed by atoms with E-state index in [2.05, 4.69) is 5.32 Å². The summed E-state index contributed by atoms with van der Waals surface area (Å²) in [6.45, 7) is -0.343. The minimum Gasteiger partial charge on any atom is -0.383 e. The summed E-state index contributed by atoms with van der Waals surface area (Å²) in [5.41, 5.74) is -0.776. The first-order valence-electron chi connectivity index (χ1n) is 4.63. The Morgan fingerprint density at radius 2 is 1.88 bits per heavy atom. The lowest BCUT2D eigenvalue weighted by atomic mass is 10.1. The quantitative estimate of drug-likeness (QED) is 0.613. The highest BCUT2D eigenvalue weighted by Gasteiger charge is 2.18. The van der Waals surface area contributed by atoms with E-state index in [0.717, 1.165) is 6.21 Å². The molecule has 6 heteroatoms. The van der Waals surface area contributed by atoms with Gasteiger partial charge in [-0.05, 0) is 12.3 Å². The van der Waals surface area contributed by atoms with E-state index in [0.29, 0.717) is 12.1 Å². The van der Waals surface area contributed by atoms with Gasteiger partial charge in [0.2, 0.25) is 0 Å². The van der Waals surface area contributed by atoms with E-state index in [1.54, 1.807) is 0 Å². The minimum atomic E-state index is -1.23. The minimum absolute atomic E-state index is 0.343. The molecular weight excluding hydrogens is 233 g/mol. The second-order valence-electron chi connectivity index (χ2n) is 3.07. The number of rotatable bonds is 5. The molecule has 0 bridgehead atoms. The summed E-state index contributed by atoms with van der Waals surface area (Å²) in [5, 5.41) is 9.09. The van der Waals surface area contributed by atoms with Crippen LogP contribution in [0.1, 0.15) is 10.4 Å². The van der Waals surface area contributed by atoms with Gasteiger partial charge in [-0.25, -0.2) is 13.2 Å². The van der Waals surface area contributed by atoms with Crippen molar-refractivity contribution in [3.05, 3.63) is 47.4 Å². The van der Waals surface area contributed by atoms with E-state index >= 15 is 0 Å². The lowest BCUT2D eigenvalue weighted by molar-refractivity contribution is 0.0987. The van der Waals surface area contributed by atoms with Crippen LogP contribution in [0.15, 0.2) is 24.4 Å². The Labute approximate surface area is 95.5 Å². The number of nitrogens with one attached hydrogen (secondary N) is 2. The Morgan fingerprint density at radius 1 is 1.29 bits per heavy atom. The van der Waals surface area contributed by atoms with E-state index in [-0.39, 0.29) is 6.54 Å².